The number of nitrogens with zero attached hydrogens (tertiary/aromatic N) is 4. The summed E-state index contributed by atoms with van der Waals surface area (Å²) in [5.74, 6) is -0.460. The molecule has 0 spiro atoms. The predicted octanol–water partition coefficient (Wildman–Crippen LogP) is 6.25. The molecule has 6 bridgehead atoms. The number of rotatable bonds is 8. The predicted molar refractivity (Wildman–Crippen MR) is 216 cm³/mol. The minimum absolute atomic E-state index is 0.128. The number of aryl methyl sites for hydroxylation is 1. The highest BCUT2D eigenvalue weighted by molar-refractivity contribution is 7.10. The zero-order valence-corrected chi connectivity index (χ0v) is 34.7. The number of amides is 2. The normalized spacial score (nSPS) is 24.7. The first-order valence-electron chi connectivity index (χ1n) is 19.9. The van der Waals surface area contributed by atoms with E-state index < -0.39 is 29.1 Å². The second kappa shape index (κ2) is 15.6. The molecule has 0 radical (unpaired) electrons. The van der Waals surface area contributed by atoms with E-state index in [-0.39, 0.29) is 48.7 Å². The van der Waals surface area contributed by atoms with Crippen LogP contribution < -0.4 is 10.7 Å². The molecule has 2 amide bonds. The largest absolute Gasteiger partial charge is 0.464 e. The lowest BCUT2D eigenvalue weighted by Gasteiger charge is -2.35. The lowest BCUT2D eigenvalue weighted by atomic mass is 9.84. The van der Waals surface area contributed by atoms with Crippen LogP contribution in [-0.2, 0) is 43.2 Å². The third-order valence-electron chi connectivity index (χ3n) is 11.9. The number of benzene rings is 1. The van der Waals surface area contributed by atoms with Gasteiger partial charge in [0.15, 0.2) is 0 Å². The highest BCUT2D eigenvalue weighted by atomic mass is 32.1. The molecule has 3 N–H and O–H groups in total. The van der Waals surface area contributed by atoms with Crippen LogP contribution in [0.15, 0.2) is 41.9 Å². The number of aliphatic hydroxyl groups is 1. The van der Waals surface area contributed by atoms with Gasteiger partial charge in [-0.15, -0.1) is 11.3 Å². The number of ether oxygens (including phenoxy) is 2. The van der Waals surface area contributed by atoms with Crippen molar-refractivity contribution in [2.75, 3.05) is 20.3 Å². The Morgan fingerprint density at radius 2 is 1.98 bits per heavy atom. The van der Waals surface area contributed by atoms with Gasteiger partial charge >= 0.3 is 5.97 Å². The minimum Gasteiger partial charge on any atom is -0.464 e. The van der Waals surface area contributed by atoms with Gasteiger partial charge in [-0.3, -0.25) is 24.4 Å². The molecule has 2 fully saturated rings. The van der Waals surface area contributed by atoms with E-state index in [1.54, 1.807) is 13.3 Å². The van der Waals surface area contributed by atoms with Crippen molar-refractivity contribution in [3.05, 3.63) is 58.2 Å². The fourth-order valence-corrected chi connectivity index (χ4v) is 9.11. The van der Waals surface area contributed by atoms with Gasteiger partial charge in [0.2, 0.25) is 5.91 Å². The fraction of sp³-hybridized carbons (Fsp3) is 0.558. The molecule has 3 aliphatic rings. The second-order valence-electron chi connectivity index (χ2n) is 17.5. The van der Waals surface area contributed by atoms with Crippen LogP contribution >= 0.6 is 11.3 Å². The van der Waals surface area contributed by atoms with Crippen molar-refractivity contribution in [2.24, 2.45) is 23.2 Å². The maximum absolute atomic E-state index is 14.2. The van der Waals surface area contributed by atoms with Crippen molar-refractivity contribution >= 4 is 40.0 Å². The van der Waals surface area contributed by atoms with Crippen molar-refractivity contribution < 1.29 is 29.0 Å². The number of pyridine rings is 1. The Bertz CT molecular complexity index is 2110. The Morgan fingerprint density at radius 1 is 1.21 bits per heavy atom. The van der Waals surface area contributed by atoms with Crippen LogP contribution in [0.2, 0.25) is 0 Å². The van der Waals surface area contributed by atoms with E-state index in [0.717, 1.165) is 49.7 Å². The van der Waals surface area contributed by atoms with E-state index in [2.05, 4.69) is 67.3 Å². The van der Waals surface area contributed by atoms with E-state index in [9.17, 15) is 19.5 Å². The molecule has 1 unspecified atom stereocenters. The van der Waals surface area contributed by atoms with E-state index in [4.69, 9.17) is 19.4 Å². The topological polar surface area (TPSA) is 148 Å². The molecule has 1 saturated heterocycles. The first-order chi connectivity index (χ1) is 26.5. The lowest BCUT2D eigenvalue weighted by Crippen LogP contribution is -2.60. The zero-order chi connectivity index (χ0) is 40.1. The van der Waals surface area contributed by atoms with Gasteiger partial charge in [-0.25, -0.2) is 10.4 Å². The van der Waals surface area contributed by atoms with E-state index in [0.29, 0.717) is 38.8 Å². The molecule has 300 valence electrons. The summed E-state index contributed by atoms with van der Waals surface area (Å²) in [7, 11) is 1.68. The van der Waals surface area contributed by atoms with Gasteiger partial charge < -0.3 is 24.5 Å². The SMILES string of the molecule is CO[C@@H](C)c1ncccc1-c1c2c3cc(ccc3n1CCC(C)(C)O)-c1csc(n1)C[C@H](NC(=O)C1[C@@H](C)[C@H]1C)C(=O)N1CCC[C@H](N1)C(=O)OCC(C)(C)C2. The van der Waals surface area contributed by atoms with Crippen LogP contribution in [0.1, 0.15) is 90.1 Å². The molecular weight excluding hydrogens is 729 g/mol. The zero-order valence-electron chi connectivity index (χ0n) is 33.8. The summed E-state index contributed by atoms with van der Waals surface area (Å²) in [5, 5.41) is 19.3. The number of aromatic nitrogens is 3. The summed E-state index contributed by atoms with van der Waals surface area (Å²) in [6.45, 7) is 15.0. The Balaban J connectivity index is 1.38. The molecule has 1 aromatic carbocycles. The van der Waals surface area contributed by atoms with Crippen LogP contribution in [-0.4, -0.2) is 80.4 Å². The van der Waals surface area contributed by atoms with E-state index in [1.165, 1.54) is 16.3 Å². The Hall–Kier alpha value is -4.17. The quantitative estimate of drug-likeness (QED) is 0.177. The van der Waals surface area contributed by atoms with Gasteiger partial charge in [0.1, 0.15) is 12.1 Å². The number of nitrogens with one attached hydrogen (secondary N) is 2. The van der Waals surface area contributed by atoms with Gasteiger partial charge in [-0.05, 0) is 88.1 Å². The second-order valence-corrected chi connectivity index (χ2v) is 18.4. The molecular formula is C43H56N6O6S. The van der Waals surface area contributed by atoms with E-state index >= 15 is 0 Å². The molecule has 56 heavy (non-hydrogen) atoms. The van der Waals surface area contributed by atoms with Crippen molar-refractivity contribution in [1.29, 1.82) is 0 Å². The van der Waals surface area contributed by atoms with Gasteiger partial charge in [-0.2, -0.15) is 0 Å². The van der Waals surface area contributed by atoms with Gasteiger partial charge in [0.25, 0.3) is 5.91 Å². The number of thiazole rings is 1. The molecule has 5 heterocycles. The first-order valence-corrected chi connectivity index (χ1v) is 20.8. The molecule has 13 heteroatoms. The Kier molecular flexibility index (Phi) is 11.2. The van der Waals surface area contributed by atoms with Crippen LogP contribution in [0, 0.1) is 23.2 Å². The van der Waals surface area contributed by atoms with Crippen LogP contribution in [0.25, 0.3) is 33.4 Å². The maximum atomic E-state index is 14.2. The van der Waals surface area contributed by atoms with Gasteiger partial charge in [0, 0.05) is 71.6 Å². The number of cyclic esters (lactones) is 1. The van der Waals surface area contributed by atoms with Gasteiger partial charge in [-0.1, -0.05) is 33.8 Å². The molecule has 6 atom stereocenters. The number of fused-ring (bicyclic) bond motifs is 6. The number of carbonyl (C=O) groups excluding carboxylic acids is 3. The smallest absolute Gasteiger partial charge is 0.324 e. The third kappa shape index (κ3) is 8.27. The number of hydrazine groups is 1. The standard InChI is InChI=1S/C43H56N6O6S/c1-24-25(2)36(24)39(50)46-32-20-35-45-33(22-56-35)27-13-14-34-29(19-27)30(21-42(4,5)23-55-41(52)31-12-10-17-49(47-31)40(32)51)38(48(34)18-15-43(6,7)53)28-11-9-16-44-37(28)26(3)54-8/h9,11,13-14,16,19,22,24-26,31-32,36,47,53H,10,12,15,17-18,20-21,23H2,1-8H3,(H,46,50)/t24-,25+,26-,31-,32-,36?/m0/s1. The number of methoxy groups -OCH3 is 1. The molecule has 7 rings (SSSR count). The summed E-state index contributed by atoms with van der Waals surface area (Å²) in [4.78, 5) is 51.2. The van der Waals surface area contributed by atoms with Crippen LogP contribution in [0.5, 0.6) is 0 Å². The molecule has 12 nitrogen and oxygen atoms in total. The molecule has 4 aromatic rings. The third-order valence-corrected chi connectivity index (χ3v) is 12.8. The van der Waals surface area contributed by atoms with Crippen LogP contribution in [0.3, 0.4) is 0 Å². The van der Waals surface area contributed by atoms with Gasteiger partial charge in [0.05, 0.1) is 40.4 Å². The lowest BCUT2D eigenvalue weighted by molar-refractivity contribution is -0.155. The minimum atomic E-state index is -0.906. The molecule has 2 aliphatic heterocycles. The number of esters is 1. The molecule has 1 aliphatic carbocycles. The first kappa shape index (κ1) is 40.0. The number of hydrogen-bond acceptors (Lipinski definition) is 10. The number of hydrogen-bond donors (Lipinski definition) is 3. The van der Waals surface area contributed by atoms with Crippen molar-refractivity contribution in [3.63, 3.8) is 0 Å². The maximum Gasteiger partial charge on any atom is 0.324 e. The van der Waals surface area contributed by atoms with E-state index in [1.807, 2.05) is 32.2 Å². The monoisotopic (exact) mass is 784 g/mol. The highest BCUT2D eigenvalue weighted by Gasteiger charge is 2.49. The highest BCUT2D eigenvalue weighted by Crippen LogP contribution is 2.46. The van der Waals surface area contributed by atoms with Crippen LogP contribution in [0.4, 0.5) is 0 Å². The number of carbonyl (C=O) groups is 3. The van der Waals surface area contributed by atoms with Crippen molar-refractivity contribution in [2.45, 2.75) is 111 Å². The summed E-state index contributed by atoms with van der Waals surface area (Å²) in [6.07, 6.45) is 3.93. The summed E-state index contributed by atoms with van der Waals surface area (Å²) in [5.41, 5.74) is 8.25. The average Bonchev–Trinajstić information content (AvgIpc) is 3.44. The fourth-order valence-electron chi connectivity index (χ4n) is 8.26. The summed E-state index contributed by atoms with van der Waals surface area (Å²) in [6, 6.07) is 8.82. The molecule has 1 saturated carbocycles. The average molecular weight is 785 g/mol. The van der Waals surface area contributed by atoms with Crippen molar-refractivity contribution in [1.82, 2.24) is 30.3 Å². The Morgan fingerprint density at radius 3 is 2.70 bits per heavy atom. The van der Waals surface area contributed by atoms with Crippen molar-refractivity contribution in [3.8, 4) is 22.5 Å². The molecule has 3 aromatic heterocycles. The summed E-state index contributed by atoms with van der Waals surface area (Å²) >= 11 is 1.46. The summed E-state index contributed by atoms with van der Waals surface area (Å²) < 4.78 is 14.2. The Labute approximate surface area is 333 Å².